The van der Waals surface area contributed by atoms with Gasteiger partial charge in [0.25, 0.3) is 5.69 Å². The highest BCUT2D eigenvalue weighted by atomic mass is 79.9. The first-order valence-electron chi connectivity index (χ1n) is 6.83. The Morgan fingerprint density at radius 2 is 2.29 bits per heavy atom. The molecule has 21 heavy (non-hydrogen) atoms. The number of aryl methyl sites for hydroxylation is 2. The van der Waals surface area contributed by atoms with Gasteiger partial charge in [0.15, 0.2) is 0 Å². The SMILES string of the molecule is Cc1cc(Br)c(NC2CCCc3occc32)cc1[N+](=O)[O-]. The first kappa shape index (κ1) is 14.1. The van der Waals surface area contributed by atoms with E-state index in [1.54, 1.807) is 25.3 Å². The maximum absolute atomic E-state index is 11.1. The third-order valence-electron chi connectivity index (χ3n) is 3.86. The van der Waals surface area contributed by atoms with E-state index in [4.69, 9.17) is 4.42 Å². The van der Waals surface area contributed by atoms with Crippen molar-refractivity contribution in [2.45, 2.75) is 32.2 Å². The molecule has 0 spiro atoms. The van der Waals surface area contributed by atoms with Gasteiger partial charge in [-0.3, -0.25) is 10.1 Å². The monoisotopic (exact) mass is 350 g/mol. The van der Waals surface area contributed by atoms with Crippen LogP contribution >= 0.6 is 15.9 Å². The van der Waals surface area contributed by atoms with Gasteiger partial charge in [-0.1, -0.05) is 0 Å². The number of nitrogens with zero attached hydrogens (tertiary/aromatic N) is 1. The van der Waals surface area contributed by atoms with Gasteiger partial charge in [-0.25, -0.2) is 0 Å². The van der Waals surface area contributed by atoms with Gasteiger partial charge in [-0.05, 0) is 47.8 Å². The van der Waals surface area contributed by atoms with Gasteiger partial charge >= 0.3 is 0 Å². The van der Waals surface area contributed by atoms with Gasteiger partial charge in [-0.2, -0.15) is 0 Å². The minimum Gasteiger partial charge on any atom is -0.469 e. The van der Waals surface area contributed by atoms with Crippen LogP contribution in [0.25, 0.3) is 0 Å². The highest BCUT2D eigenvalue weighted by molar-refractivity contribution is 9.10. The summed E-state index contributed by atoms with van der Waals surface area (Å²) in [7, 11) is 0. The molecular formula is C15H15BrN2O3. The summed E-state index contributed by atoms with van der Waals surface area (Å²) in [5, 5.41) is 14.5. The van der Waals surface area contributed by atoms with Crippen molar-refractivity contribution in [2.75, 3.05) is 5.32 Å². The van der Waals surface area contributed by atoms with E-state index in [1.807, 2.05) is 6.07 Å². The van der Waals surface area contributed by atoms with Crippen LogP contribution in [0.5, 0.6) is 0 Å². The molecule has 0 saturated carbocycles. The summed E-state index contributed by atoms with van der Waals surface area (Å²) in [6.45, 7) is 1.74. The lowest BCUT2D eigenvalue weighted by Gasteiger charge is -2.24. The van der Waals surface area contributed by atoms with Crippen LogP contribution in [0.1, 0.15) is 35.8 Å². The molecule has 5 nitrogen and oxygen atoms in total. The van der Waals surface area contributed by atoms with Crippen LogP contribution < -0.4 is 5.32 Å². The Morgan fingerprint density at radius 1 is 1.48 bits per heavy atom. The summed E-state index contributed by atoms with van der Waals surface area (Å²) < 4.78 is 6.31. The van der Waals surface area contributed by atoms with Gasteiger partial charge in [0, 0.05) is 28.1 Å². The molecule has 1 unspecified atom stereocenters. The van der Waals surface area contributed by atoms with Crippen LogP contribution in [0.4, 0.5) is 11.4 Å². The highest BCUT2D eigenvalue weighted by Crippen LogP contribution is 2.37. The van der Waals surface area contributed by atoms with Crippen LogP contribution in [0.3, 0.4) is 0 Å². The average molecular weight is 351 g/mol. The Labute approximate surface area is 130 Å². The number of furan rings is 1. The molecule has 0 aliphatic heterocycles. The molecule has 1 aliphatic carbocycles. The van der Waals surface area contributed by atoms with Crippen molar-refractivity contribution in [3.63, 3.8) is 0 Å². The predicted molar refractivity (Wildman–Crippen MR) is 83.5 cm³/mol. The summed E-state index contributed by atoms with van der Waals surface area (Å²) in [5.74, 6) is 1.01. The number of hydrogen-bond acceptors (Lipinski definition) is 4. The molecule has 6 heteroatoms. The maximum Gasteiger partial charge on any atom is 0.274 e. The molecular weight excluding hydrogens is 336 g/mol. The van der Waals surface area contributed by atoms with E-state index in [0.29, 0.717) is 5.56 Å². The number of fused-ring (bicyclic) bond motifs is 1. The summed E-state index contributed by atoms with van der Waals surface area (Å²) in [6.07, 6.45) is 4.69. The fraction of sp³-hybridized carbons (Fsp3) is 0.333. The van der Waals surface area contributed by atoms with Gasteiger partial charge < -0.3 is 9.73 Å². The van der Waals surface area contributed by atoms with E-state index in [9.17, 15) is 10.1 Å². The fourth-order valence-corrected chi connectivity index (χ4v) is 3.36. The average Bonchev–Trinajstić information content (AvgIpc) is 2.90. The molecule has 110 valence electrons. The molecule has 0 amide bonds. The molecule has 1 atom stereocenters. The maximum atomic E-state index is 11.1. The molecule has 1 N–H and O–H groups in total. The molecule has 1 aromatic heterocycles. The molecule has 0 bridgehead atoms. The molecule has 0 fully saturated rings. The molecule has 2 aromatic rings. The highest BCUT2D eigenvalue weighted by Gasteiger charge is 2.24. The molecule has 1 aromatic carbocycles. The van der Waals surface area contributed by atoms with Gasteiger partial charge in [0.1, 0.15) is 5.76 Å². The number of nitro groups is 1. The van der Waals surface area contributed by atoms with E-state index in [1.165, 1.54) is 0 Å². The van der Waals surface area contributed by atoms with E-state index in [0.717, 1.165) is 40.7 Å². The number of anilines is 1. The van der Waals surface area contributed by atoms with Crippen molar-refractivity contribution in [3.05, 3.63) is 55.9 Å². The Hall–Kier alpha value is -1.82. The van der Waals surface area contributed by atoms with Crippen molar-refractivity contribution in [1.82, 2.24) is 0 Å². The Kier molecular flexibility index (Phi) is 3.71. The summed E-state index contributed by atoms with van der Waals surface area (Å²) in [5.41, 5.74) is 2.66. The van der Waals surface area contributed by atoms with E-state index in [2.05, 4.69) is 21.2 Å². The van der Waals surface area contributed by atoms with Crippen molar-refractivity contribution in [1.29, 1.82) is 0 Å². The second kappa shape index (κ2) is 5.52. The summed E-state index contributed by atoms with van der Waals surface area (Å²) >= 11 is 3.48. The second-order valence-electron chi connectivity index (χ2n) is 5.26. The van der Waals surface area contributed by atoms with Gasteiger partial charge in [0.2, 0.25) is 0 Å². The molecule has 0 saturated heterocycles. The van der Waals surface area contributed by atoms with Crippen LogP contribution in [0.2, 0.25) is 0 Å². The first-order chi connectivity index (χ1) is 10.1. The Morgan fingerprint density at radius 3 is 3.05 bits per heavy atom. The Bertz CT molecular complexity index is 696. The number of benzene rings is 1. The normalized spacial score (nSPS) is 17.3. The van der Waals surface area contributed by atoms with Crippen molar-refractivity contribution >= 4 is 27.3 Å². The zero-order chi connectivity index (χ0) is 15.0. The van der Waals surface area contributed by atoms with Crippen LogP contribution in [0, 0.1) is 17.0 Å². The third kappa shape index (κ3) is 2.68. The minimum atomic E-state index is -0.350. The standard InChI is InChI=1S/C15H15BrN2O3/c1-9-7-11(16)13(8-14(9)18(19)20)17-12-3-2-4-15-10(12)5-6-21-15/h5-8,12,17H,2-4H2,1H3. The number of nitrogens with one attached hydrogen (secondary N) is 1. The lowest BCUT2D eigenvalue weighted by molar-refractivity contribution is -0.385. The zero-order valence-corrected chi connectivity index (χ0v) is 13.1. The number of nitro benzene ring substituents is 1. The number of hydrogen-bond donors (Lipinski definition) is 1. The van der Waals surface area contributed by atoms with Gasteiger partial charge in [-0.15, -0.1) is 0 Å². The molecule has 1 aliphatic rings. The second-order valence-corrected chi connectivity index (χ2v) is 6.12. The van der Waals surface area contributed by atoms with Crippen LogP contribution in [-0.4, -0.2) is 4.92 Å². The van der Waals surface area contributed by atoms with Crippen LogP contribution in [-0.2, 0) is 6.42 Å². The fourth-order valence-electron chi connectivity index (χ4n) is 2.79. The van der Waals surface area contributed by atoms with E-state index in [-0.39, 0.29) is 16.7 Å². The summed E-state index contributed by atoms with van der Waals surface area (Å²) in [6, 6.07) is 5.47. The molecule has 3 rings (SSSR count). The zero-order valence-electron chi connectivity index (χ0n) is 11.6. The van der Waals surface area contributed by atoms with E-state index >= 15 is 0 Å². The molecule has 1 heterocycles. The van der Waals surface area contributed by atoms with Crippen molar-refractivity contribution in [2.24, 2.45) is 0 Å². The first-order valence-corrected chi connectivity index (χ1v) is 7.63. The third-order valence-corrected chi connectivity index (χ3v) is 4.52. The quantitative estimate of drug-likeness (QED) is 0.640. The van der Waals surface area contributed by atoms with Crippen molar-refractivity contribution in [3.8, 4) is 0 Å². The number of halogens is 1. The minimum absolute atomic E-state index is 0.129. The van der Waals surface area contributed by atoms with Crippen molar-refractivity contribution < 1.29 is 9.34 Å². The number of rotatable bonds is 3. The van der Waals surface area contributed by atoms with Crippen LogP contribution in [0.15, 0.2) is 33.4 Å². The largest absolute Gasteiger partial charge is 0.469 e. The lowest BCUT2D eigenvalue weighted by Crippen LogP contribution is -2.16. The smallest absolute Gasteiger partial charge is 0.274 e. The van der Waals surface area contributed by atoms with E-state index < -0.39 is 0 Å². The predicted octanol–water partition coefficient (Wildman–Crippen LogP) is 4.75. The topological polar surface area (TPSA) is 68.3 Å². The Balaban J connectivity index is 1.93. The lowest BCUT2D eigenvalue weighted by atomic mass is 9.93. The molecule has 0 radical (unpaired) electrons. The van der Waals surface area contributed by atoms with Gasteiger partial charge in [0.05, 0.1) is 22.9 Å². The summed E-state index contributed by atoms with van der Waals surface area (Å²) in [4.78, 5) is 10.7.